The zero-order valence-electron chi connectivity index (χ0n) is 15.6. The number of alkyl halides is 3. The minimum atomic E-state index is -4.36. The van der Waals surface area contributed by atoms with Gasteiger partial charge in [0.15, 0.2) is 0 Å². The van der Waals surface area contributed by atoms with Crippen LogP contribution in [0.25, 0.3) is 11.4 Å². The Morgan fingerprint density at radius 1 is 1.04 bits per heavy atom. The maximum absolute atomic E-state index is 12.7. The Hall–Kier alpha value is -2.94. The van der Waals surface area contributed by atoms with Gasteiger partial charge in [0.1, 0.15) is 0 Å². The molecule has 0 aliphatic heterocycles. The molecule has 0 saturated heterocycles. The van der Waals surface area contributed by atoms with Crippen LogP contribution in [0.4, 0.5) is 24.5 Å². The Morgan fingerprint density at radius 3 is 2.43 bits per heavy atom. The van der Waals surface area contributed by atoms with Crippen molar-refractivity contribution in [2.24, 2.45) is 0 Å². The van der Waals surface area contributed by atoms with Crippen LogP contribution < -0.4 is 5.32 Å². The molecule has 28 heavy (non-hydrogen) atoms. The Bertz CT molecular complexity index is 903. The van der Waals surface area contributed by atoms with E-state index in [4.69, 9.17) is 0 Å². The number of aryl methyl sites for hydroxylation is 1. The smallest absolute Gasteiger partial charge is 0.355 e. The number of tetrazole rings is 1. The third-order valence-electron chi connectivity index (χ3n) is 4.08. The van der Waals surface area contributed by atoms with Crippen LogP contribution in [-0.4, -0.2) is 45.7 Å². The van der Waals surface area contributed by atoms with Crippen molar-refractivity contribution < 1.29 is 13.2 Å². The van der Waals surface area contributed by atoms with Gasteiger partial charge in [0, 0.05) is 16.9 Å². The molecule has 0 radical (unpaired) electrons. The van der Waals surface area contributed by atoms with Crippen LogP contribution in [-0.2, 0) is 12.7 Å². The number of rotatable bonds is 7. The zero-order chi connectivity index (χ0) is 20.1. The number of nitrogens with one attached hydrogen (secondary N) is 1. The van der Waals surface area contributed by atoms with Gasteiger partial charge in [-0.15, -0.1) is 10.2 Å². The van der Waals surface area contributed by atoms with E-state index in [0.29, 0.717) is 23.7 Å². The van der Waals surface area contributed by atoms with E-state index in [-0.39, 0.29) is 0 Å². The number of nitrogens with zero attached hydrogens (tertiary/aromatic N) is 5. The Morgan fingerprint density at radius 2 is 1.75 bits per heavy atom. The number of para-hydroxylation sites is 1. The molecule has 0 unspecified atom stereocenters. The molecule has 0 bridgehead atoms. The molecule has 0 aliphatic rings. The molecule has 2 aromatic carbocycles. The summed E-state index contributed by atoms with van der Waals surface area (Å²) in [6, 6.07) is 12.2. The van der Waals surface area contributed by atoms with E-state index in [2.05, 4.69) is 25.6 Å². The van der Waals surface area contributed by atoms with Gasteiger partial charge in [0.2, 0.25) is 5.82 Å². The summed E-state index contributed by atoms with van der Waals surface area (Å²) in [7, 11) is 4.01. The van der Waals surface area contributed by atoms with E-state index >= 15 is 0 Å². The van der Waals surface area contributed by atoms with E-state index in [1.807, 2.05) is 38.4 Å². The molecule has 0 fully saturated rings. The first-order valence-corrected chi connectivity index (χ1v) is 8.79. The van der Waals surface area contributed by atoms with Gasteiger partial charge in [0.05, 0.1) is 12.1 Å². The lowest BCUT2D eigenvalue weighted by atomic mass is 10.1. The predicted molar refractivity (Wildman–Crippen MR) is 101 cm³/mol. The number of anilines is 2. The fourth-order valence-corrected chi connectivity index (χ4v) is 2.66. The van der Waals surface area contributed by atoms with E-state index in [1.165, 1.54) is 12.1 Å². The monoisotopic (exact) mass is 390 g/mol. The number of benzene rings is 2. The van der Waals surface area contributed by atoms with Crippen molar-refractivity contribution in [3.05, 3.63) is 54.1 Å². The minimum Gasteiger partial charge on any atom is -0.355 e. The lowest BCUT2D eigenvalue weighted by Crippen LogP contribution is -2.15. The first kappa shape index (κ1) is 19.8. The van der Waals surface area contributed by atoms with Crippen LogP contribution in [0.15, 0.2) is 48.5 Å². The van der Waals surface area contributed by atoms with Crippen LogP contribution in [0.1, 0.15) is 12.0 Å². The van der Waals surface area contributed by atoms with Gasteiger partial charge < -0.3 is 10.2 Å². The van der Waals surface area contributed by atoms with Crippen molar-refractivity contribution >= 4 is 11.4 Å². The van der Waals surface area contributed by atoms with Gasteiger partial charge in [0.25, 0.3) is 0 Å². The largest absolute Gasteiger partial charge is 0.416 e. The quantitative estimate of drug-likeness (QED) is 0.659. The molecule has 1 heterocycles. The highest BCUT2D eigenvalue weighted by Gasteiger charge is 2.29. The third kappa shape index (κ3) is 5.07. The fourth-order valence-electron chi connectivity index (χ4n) is 2.66. The van der Waals surface area contributed by atoms with E-state index in [0.717, 1.165) is 30.7 Å². The van der Waals surface area contributed by atoms with E-state index in [9.17, 15) is 13.2 Å². The third-order valence-corrected chi connectivity index (χ3v) is 4.08. The SMILES string of the molecule is CN(C)CCCn1nnc(-c2ccccc2Nc2ccc(C(F)(F)F)cc2)n1. The second-order valence-corrected chi connectivity index (χ2v) is 6.61. The van der Waals surface area contributed by atoms with Crippen LogP contribution in [0.3, 0.4) is 0 Å². The fraction of sp³-hybridized carbons (Fsp3) is 0.316. The van der Waals surface area contributed by atoms with Crippen LogP contribution in [0, 0.1) is 0 Å². The molecule has 0 amide bonds. The first-order valence-electron chi connectivity index (χ1n) is 8.79. The molecular weight excluding hydrogens is 369 g/mol. The molecule has 3 rings (SSSR count). The van der Waals surface area contributed by atoms with Gasteiger partial charge in [-0.1, -0.05) is 12.1 Å². The number of hydrogen-bond donors (Lipinski definition) is 1. The van der Waals surface area contributed by atoms with Gasteiger partial charge in [-0.2, -0.15) is 18.0 Å². The topological polar surface area (TPSA) is 58.9 Å². The summed E-state index contributed by atoms with van der Waals surface area (Å²) in [6.07, 6.45) is -3.46. The summed E-state index contributed by atoms with van der Waals surface area (Å²) in [5.41, 5.74) is 1.27. The highest BCUT2D eigenvalue weighted by Crippen LogP contribution is 2.32. The van der Waals surface area contributed by atoms with Crippen molar-refractivity contribution in [3.8, 4) is 11.4 Å². The summed E-state index contributed by atoms with van der Waals surface area (Å²) < 4.78 is 38.2. The average molecular weight is 390 g/mol. The molecule has 0 saturated carbocycles. The standard InChI is InChI=1S/C19H21F3N6/c1-27(2)12-5-13-28-25-18(24-26-28)16-6-3-4-7-17(16)23-15-10-8-14(9-11-15)19(20,21)22/h3-4,6-11,23H,5,12-13H2,1-2H3. The van der Waals surface area contributed by atoms with Crippen molar-refractivity contribution in [1.29, 1.82) is 0 Å². The molecule has 6 nitrogen and oxygen atoms in total. The van der Waals surface area contributed by atoms with Gasteiger partial charge >= 0.3 is 6.18 Å². The molecule has 3 aromatic rings. The van der Waals surface area contributed by atoms with E-state index < -0.39 is 11.7 Å². The van der Waals surface area contributed by atoms with Crippen molar-refractivity contribution in [2.75, 3.05) is 26.0 Å². The van der Waals surface area contributed by atoms with Crippen molar-refractivity contribution in [3.63, 3.8) is 0 Å². The molecule has 0 aliphatic carbocycles. The van der Waals surface area contributed by atoms with Crippen molar-refractivity contribution in [2.45, 2.75) is 19.1 Å². The normalized spacial score (nSPS) is 11.8. The molecule has 0 atom stereocenters. The Balaban J connectivity index is 1.76. The number of hydrogen-bond acceptors (Lipinski definition) is 5. The van der Waals surface area contributed by atoms with E-state index in [1.54, 1.807) is 4.80 Å². The first-order chi connectivity index (χ1) is 13.3. The summed E-state index contributed by atoms with van der Waals surface area (Å²) >= 11 is 0. The molecule has 1 N–H and O–H groups in total. The molecule has 148 valence electrons. The highest BCUT2D eigenvalue weighted by atomic mass is 19.4. The highest BCUT2D eigenvalue weighted by molar-refractivity contribution is 5.77. The van der Waals surface area contributed by atoms with Crippen LogP contribution >= 0.6 is 0 Å². The number of halogens is 3. The van der Waals surface area contributed by atoms with Gasteiger partial charge in [-0.3, -0.25) is 0 Å². The maximum Gasteiger partial charge on any atom is 0.416 e. The van der Waals surface area contributed by atoms with Crippen LogP contribution in [0.5, 0.6) is 0 Å². The molecular formula is C19H21F3N6. The molecule has 1 aromatic heterocycles. The Kier molecular flexibility index (Phi) is 5.93. The second-order valence-electron chi connectivity index (χ2n) is 6.61. The Labute approximate surface area is 161 Å². The summed E-state index contributed by atoms with van der Waals surface area (Å²) in [6.45, 7) is 1.57. The summed E-state index contributed by atoms with van der Waals surface area (Å²) in [5.74, 6) is 0.458. The zero-order valence-corrected chi connectivity index (χ0v) is 15.6. The predicted octanol–water partition coefficient (Wildman–Crippen LogP) is 4.05. The van der Waals surface area contributed by atoms with Crippen LogP contribution in [0.2, 0.25) is 0 Å². The van der Waals surface area contributed by atoms with Gasteiger partial charge in [-0.25, -0.2) is 0 Å². The summed E-state index contributed by atoms with van der Waals surface area (Å²) in [4.78, 5) is 3.63. The second kappa shape index (κ2) is 8.39. The molecule has 9 heteroatoms. The van der Waals surface area contributed by atoms with Crippen molar-refractivity contribution in [1.82, 2.24) is 25.1 Å². The summed E-state index contributed by atoms with van der Waals surface area (Å²) in [5, 5.41) is 15.7. The average Bonchev–Trinajstić information content (AvgIpc) is 3.10. The maximum atomic E-state index is 12.7. The minimum absolute atomic E-state index is 0.458. The lowest BCUT2D eigenvalue weighted by Gasteiger charge is -2.11. The number of aromatic nitrogens is 4. The lowest BCUT2D eigenvalue weighted by molar-refractivity contribution is -0.137. The van der Waals surface area contributed by atoms with Gasteiger partial charge in [-0.05, 0) is 68.7 Å². The molecule has 0 spiro atoms.